The van der Waals surface area contributed by atoms with Gasteiger partial charge in [0.1, 0.15) is 18.1 Å². The van der Waals surface area contributed by atoms with Gasteiger partial charge in [0.25, 0.3) is 15.9 Å². The molecule has 0 aliphatic heterocycles. The molecule has 0 saturated heterocycles. The molecule has 0 saturated carbocycles. The summed E-state index contributed by atoms with van der Waals surface area (Å²) < 4.78 is 46.5. The number of halogens is 1. The molecule has 0 radical (unpaired) electrons. The molecule has 3 rings (SSSR count). The third-order valence-electron chi connectivity index (χ3n) is 5.48. The Bertz CT molecular complexity index is 1310. The molecule has 0 unspecified atom stereocenters. The van der Waals surface area contributed by atoms with E-state index in [9.17, 15) is 22.4 Å². The lowest BCUT2D eigenvalue weighted by atomic mass is 10.1. The van der Waals surface area contributed by atoms with E-state index in [4.69, 9.17) is 4.74 Å². The van der Waals surface area contributed by atoms with Crippen molar-refractivity contribution in [3.63, 3.8) is 0 Å². The molecule has 0 heterocycles. The van der Waals surface area contributed by atoms with Crippen LogP contribution in [0.1, 0.15) is 30.6 Å². The molecule has 190 valence electrons. The van der Waals surface area contributed by atoms with E-state index in [2.05, 4.69) is 10.6 Å². The van der Waals surface area contributed by atoms with Crippen molar-refractivity contribution >= 4 is 33.2 Å². The quantitative estimate of drug-likeness (QED) is 0.423. The van der Waals surface area contributed by atoms with E-state index in [0.29, 0.717) is 5.75 Å². The van der Waals surface area contributed by atoms with Crippen LogP contribution in [0.2, 0.25) is 0 Å². The minimum atomic E-state index is -4.21. The van der Waals surface area contributed by atoms with Gasteiger partial charge in [-0.15, -0.1) is 0 Å². The number of carbonyl (C=O) groups excluding carboxylic acids is 2. The average Bonchev–Trinajstić information content (AvgIpc) is 2.88. The molecule has 2 N–H and O–H groups in total. The summed E-state index contributed by atoms with van der Waals surface area (Å²) >= 11 is 0. The first-order valence-electron chi connectivity index (χ1n) is 11.3. The Morgan fingerprint density at radius 3 is 2.25 bits per heavy atom. The number of sulfonamides is 1. The van der Waals surface area contributed by atoms with Gasteiger partial charge in [-0.3, -0.25) is 13.9 Å². The SMILES string of the molecule is CC[C@@H](C)NC(=O)c1ccccc1NC(=O)CN(c1ccc(F)cc1)S(=O)(=O)c1ccc(OC)cc1. The van der Waals surface area contributed by atoms with Gasteiger partial charge < -0.3 is 15.4 Å². The van der Waals surface area contributed by atoms with Crippen molar-refractivity contribution in [2.75, 3.05) is 23.3 Å². The van der Waals surface area contributed by atoms with Crippen LogP contribution < -0.4 is 19.7 Å². The Morgan fingerprint density at radius 1 is 1.00 bits per heavy atom. The van der Waals surface area contributed by atoms with Crippen molar-refractivity contribution in [2.45, 2.75) is 31.2 Å². The largest absolute Gasteiger partial charge is 0.497 e. The summed E-state index contributed by atoms with van der Waals surface area (Å²) in [7, 11) is -2.75. The van der Waals surface area contributed by atoms with Crippen LogP contribution >= 0.6 is 0 Å². The lowest BCUT2D eigenvalue weighted by Crippen LogP contribution is -2.38. The molecule has 2 amide bonds. The molecule has 8 nitrogen and oxygen atoms in total. The topological polar surface area (TPSA) is 105 Å². The zero-order valence-electron chi connectivity index (χ0n) is 20.2. The minimum absolute atomic E-state index is 0.0649. The second-order valence-corrected chi connectivity index (χ2v) is 9.90. The molecular formula is C26H28FN3O5S. The van der Waals surface area contributed by atoms with Crippen molar-refractivity contribution in [3.05, 3.63) is 84.2 Å². The first kappa shape index (κ1) is 26.7. The van der Waals surface area contributed by atoms with E-state index in [1.165, 1.54) is 43.5 Å². The number of carbonyl (C=O) groups is 2. The van der Waals surface area contributed by atoms with E-state index in [-0.39, 0.29) is 33.8 Å². The molecule has 3 aromatic carbocycles. The van der Waals surface area contributed by atoms with Crippen molar-refractivity contribution < 1.29 is 27.1 Å². The summed E-state index contributed by atoms with van der Waals surface area (Å²) in [6, 6.07) is 16.8. The number of ether oxygens (including phenoxy) is 1. The summed E-state index contributed by atoms with van der Waals surface area (Å²) in [6.07, 6.45) is 0.732. The number of benzene rings is 3. The highest BCUT2D eigenvalue weighted by Gasteiger charge is 2.28. The van der Waals surface area contributed by atoms with Gasteiger partial charge in [-0.25, -0.2) is 12.8 Å². The summed E-state index contributed by atoms with van der Waals surface area (Å²) in [5.74, 6) is -1.12. The second kappa shape index (κ2) is 11.7. The van der Waals surface area contributed by atoms with Crippen molar-refractivity contribution in [1.82, 2.24) is 5.32 Å². The van der Waals surface area contributed by atoms with Crippen LogP contribution in [0.4, 0.5) is 15.8 Å². The first-order valence-corrected chi connectivity index (χ1v) is 12.7. The fraction of sp³-hybridized carbons (Fsp3) is 0.231. The van der Waals surface area contributed by atoms with E-state index < -0.39 is 28.3 Å². The second-order valence-electron chi connectivity index (χ2n) is 8.04. The number of nitrogens with one attached hydrogen (secondary N) is 2. The lowest BCUT2D eigenvalue weighted by molar-refractivity contribution is -0.114. The Morgan fingerprint density at radius 2 is 1.64 bits per heavy atom. The molecule has 0 fully saturated rings. The van der Waals surface area contributed by atoms with Crippen LogP contribution in [0.15, 0.2) is 77.7 Å². The van der Waals surface area contributed by atoms with Gasteiger partial charge >= 0.3 is 0 Å². The predicted octanol–water partition coefficient (Wildman–Crippen LogP) is 4.20. The van der Waals surface area contributed by atoms with Crippen molar-refractivity contribution in [1.29, 1.82) is 0 Å². The molecule has 1 atom stereocenters. The Labute approximate surface area is 210 Å². The van der Waals surface area contributed by atoms with E-state index >= 15 is 0 Å². The molecule has 0 aliphatic rings. The van der Waals surface area contributed by atoms with Crippen molar-refractivity contribution in [2.24, 2.45) is 0 Å². The third-order valence-corrected chi connectivity index (χ3v) is 7.27. The molecule has 0 spiro atoms. The minimum Gasteiger partial charge on any atom is -0.497 e. The van der Waals surface area contributed by atoms with Crippen LogP contribution in [0.25, 0.3) is 0 Å². The summed E-state index contributed by atoms with van der Waals surface area (Å²) in [5.41, 5.74) is 0.590. The van der Waals surface area contributed by atoms with Gasteiger partial charge in [-0.1, -0.05) is 19.1 Å². The van der Waals surface area contributed by atoms with Gasteiger partial charge in [0, 0.05) is 6.04 Å². The average molecular weight is 514 g/mol. The highest BCUT2D eigenvalue weighted by Crippen LogP contribution is 2.26. The van der Waals surface area contributed by atoms with Crippen LogP contribution in [0, 0.1) is 5.82 Å². The first-order chi connectivity index (χ1) is 17.1. The normalized spacial score (nSPS) is 11.9. The summed E-state index contributed by atoms with van der Waals surface area (Å²) in [5, 5.41) is 5.48. The number of nitrogens with zero attached hydrogens (tertiary/aromatic N) is 1. The van der Waals surface area contributed by atoms with E-state index in [1.54, 1.807) is 24.3 Å². The van der Waals surface area contributed by atoms with Gasteiger partial charge in [-0.05, 0) is 74.0 Å². The molecule has 0 bridgehead atoms. The highest BCUT2D eigenvalue weighted by molar-refractivity contribution is 7.92. The zero-order chi connectivity index (χ0) is 26.3. The molecule has 36 heavy (non-hydrogen) atoms. The number of amides is 2. The molecule has 0 aromatic heterocycles. The fourth-order valence-corrected chi connectivity index (χ4v) is 4.73. The monoisotopic (exact) mass is 513 g/mol. The fourth-order valence-electron chi connectivity index (χ4n) is 3.31. The van der Waals surface area contributed by atoms with E-state index in [0.717, 1.165) is 22.9 Å². The van der Waals surface area contributed by atoms with Gasteiger partial charge in [0.2, 0.25) is 5.91 Å². The lowest BCUT2D eigenvalue weighted by Gasteiger charge is -2.24. The van der Waals surface area contributed by atoms with Gasteiger partial charge in [0.15, 0.2) is 0 Å². The Kier molecular flexibility index (Phi) is 8.65. The maximum Gasteiger partial charge on any atom is 0.264 e. The number of methoxy groups -OCH3 is 1. The number of rotatable bonds is 10. The maximum absolute atomic E-state index is 13.5. The standard InChI is InChI=1S/C26H28FN3O5S/c1-4-18(2)28-26(32)23-7-5-6-8-24(23)29-25(31)17-30(20-11-9-19(27)10-12-20)36(33,34)22-15-13-21(35-3)14-16-22/h5-16,18H,4,17H2,1-3H3,(H,28,32)(H,29,31)/t18-/m1/s1. The Hall–Kier alpha value is -3.92. The van der Waals surface area contributed by atoms with Crippen molar-refractivity contribution in [3.8, 4) is 5.75 Å². The smallest absolute Gasteiger partial charge is 0.264 e. The molecule has 3 aromatic rings. The highest BCUT2D eigenvalue weighted by atomic mass is 32.2. The molecule has 0 aliphatic carbocycles. The number of para-hydroxylation sites is 1. The Balaban J connectivity index is 1.91. The van der Waals surface area contributed by atoms with Gasteiger partial charge in [0.05, 0.1) is 28.9 Å². The van der Waals surface area contributed by atoms with Crippen LogP contribution in [0.5, 0.6) is 5.75 Å². The summed E-state index contributed by atoms with van der Waals surface area (Å²) in [4.78, 5) is 25.7. The van der Waals surface area contributed by atoms with Gasteiger partial charge in [-0.2, -0.15) is 0 Å². The number of hydrogen-bond donors (Lipinski definition) is 2. The number of anilines is 2. The molecule has 10 heteroatoms. The number of hydrogen-bond acceptors (Lipinski definition) is 5. The predicted molar refractivity (Wildman–Crippen MR) is 136 cm³/mol. The molecular weight excluding hydrogens is 485 g/mol. The third kappa shape index (κ3) is 6.39. The maximum atomic E-state index is 13.5. The van der Waals surface area contributed by atoms with Crippen LogP contribution in [-0.4, -0.2) is 39.9 Å². The van der Waals surface area contributed by atoms with Crippen LogP contribution in [0.3, 0.4) is 0 Å². The van der Waals surface area contributed by atoms with E-state index in [1.807, 2.05) is 13.8 Å². The summed E-state index contributed by atoms with van der Waals surface area (Å²) in [6.45, 7) is 3.19. The zero-order valence-corrected chi connectivity index (χ0v) is 21.0. The van der Waals surface area contributed by atoms with Crippen LogP contribution in [-0.2, 0) is 14.8 Å².